The molecule has 0 aromatic heterocycles. The van der Waals surface area contributed by atoms with Gasteiger partial charge >= 0.3 is 0 Å². The first-order valence-electron chi connectivity index (χ1n) is 14.4. The van der Waals surface area contributed by atoms with Crippen molar-refractivity contribution in [1.82, 2.24) is 0 Å². The molecule has 0 atom stereocenters. The van der Waals surface area contributed by atoms with E-state index in [4.69, 9.17) is 0 Å². The second-order valence-electron chi connectivity index (χ2n) is 13.0. The summed E-state index contributed by atoms with van der Waals surface area (Å²) in [5.74, 6) is 0.0276. The molecule has 0 amide bonds. The summed E-state index contributed by atoms with van der Waals surface area (Å²) in [7, 11) is 0. The summed E-state index contributed by atoms with van der Waals surface area (Å²) in [5, 5.41) is 20.1. The second kappa shape index (κ2) is 14.8. The van der Waals surface area contributed by atoms with E-state index in [0.29, 0.717) is 0 Å². The number of hydrogen-bond acceptors (Lipinski definition) is 2. The fourth-order valence-corrected chi connectivity index (χ4v) is 4.82. The second-order valence-corrected chi connectivity index (χ2v) is 13.0. The minimum absolute atomic E-state index is 0. The molecule has 2 N–H and O–H groups in total. The molecule has 0 radical (unpaired) electrons. The predicted octanol–water partition coefficient (Wildman–Crippen LogP) is 10.3. The molecule has 0 aliphatic heterocycles. The molecular weight excluding hydrogens is 547 g/mol. The SMILES string of the molecule is CC(C)(C)c1ccc(C(C)(C)C)c(O)c1O.CCCC(=[C+]c1c(C)cccc1C)C(C)=[C+]c1c(C)cccc1C.[Ni]. The van der Waals surface area contributed by atoms with E-state index in [1.54, 1.807) is 0 Å². The molecule has 0 aliphatic rings. The van der Waals surface area contributed by atoms with Gasteiger partial charge in [-0.05, 0) is 81.3 Å². The Bertz CT molecular complexity index is 1300. The van der Waals surface area contributed by atoms with Gasteiger partial charge in [0.2, 0.25) is 0 Å². The van der Waals surface area contributed by atoms with Crippen LogP contribution >= 0.6 is 0 Å². The van der Waals surface area contributed by atoms with Gasteiger partial charge in [0.25, 0.3) is 0 Å². The third kappa shape index (κ3) is 9.55. The molecule has 3 rings (SSSR count). The number of hydrogen-bond donors (Lipinski definition) is 2. The van der Waals surface area contributed by atoms with E-state index in [0.717, 1.165) is 24.0 Å². The first kappa shape index (κ1) is 36.1. The monoisotopic (exact) mass is 596 g/mol. The molecule has 0 saturated heterocycles. The van der Waals surface area contributed by atoms with Crippen LogP contribution in [0, 0.1) is 39.8 Å². The van der Waals surface area contributed by atoms with Gasteiger partial charge < -0.3 is 10.2 Å². The Hall–Kier alpha value is -2.95. The number of aromatic hydroxyl groups is 2. The number of phenolic OH excluding ortho intramolecular Hbond substituents is 2. The summed E-state index contributed by atoms with van der Waals surface area (Å²) in [6.45, 7) is 25.1. The van der Waals surface area contributed by atoms with E-state index in [1.165, 1.54) is 44.5 Å². The van der Waals surface area contributed by atoms with E-state index >= 15 is 0 Å². The fraction of sp³-hybridized carbons (Fsp3) is 0.421. The summed E-state index contributed by atoms with van der Waals surface area (Å²) in [6.07, 6.45) is 9.47. The predicted molar refractivity (Wildman–Crippen MR) is 171 cm³/mol. The van der Waals surface area contributed by atoms with Crippen LogP contribution in [0.5, 0.6) is 11.5 Å². The first-order valence-corrected chi connectivity index (χ1v) is 14.4. The molecule has 0 fully saturated rings. The maximum Gasteiger partial charge on any atom is 0.163 e. The summed E-state index contributed by atoms with van der Waals surface area (Å²) in [4.78, 5) is 0. The quantitative estimate of drug-likeness (QED) is 0.133. The van der Waals surface area contributed by atoms with Crippen molar-refractivity contribution in [3.8, 4) is 11.5 Å². The van der Waals surface area contributed by atoms with Gasteiger partial charge in [-0.3, -0.25) is 0 Å². The van der Waals surface area contributed by atoms with Gasteiger partial charge in [-0.15, -0.1) is 0 Å². The molecule has 2 nitrogen and oxygen atoms in total. The molecule has 0 saturated carbocycles. The molecule has 41 heavy (non-hydrogen) atoms. The van der Waals surface area contributed by atoms with Gasteiger partial charge in [-0.2, -0.15) is 0 Å². The summed E-state index contributed by atoms with van der Waals surface area (Å²) >= 11 is 0. The van der Waals surface area contributed by atoms with Crippen molar-refractivity contribution >= 4 is 0 Å². The molecule has 3 aromatic carbocycles. The Balaban J connectivity index is 0.000000433. The minimum Gasteiger partial charge on any atom is -0.504 e. The molecule has 0 heterocycles. The molecule has 3 heteroatoms. The van der Waals surface area contributed by atoms with Gasteiger partial charge in [-0.1, -0.05) is 60.6 Å². The van der Waals surface area contributed by atoms with E-state index in [1.807, 2.05) is 53.7 Å². The van der Waals surface area contributed by atoms with Crippen molar-refractivity contribution in [3.63, 3.8) is 0 Å². The maximum absolute atomic E-state index is 10.0. The smallest absolute Gasteiger partial charge is 0.163 e. The summed E-state index contributed by atoms with van der Waals surface area (Å²) in [6, 6.07) is 16.6. The average Bonchev–Trinajstić information content (AvgIpc) is 2.83. The largest absolute Gasteiger partial charge is 0.504 e. The molecular formula is C38H50NiO2+2. The zero-order chi connectivity index (χ0) is 30.4. The van der Waals surface area contributed by atoms with Crippen LogP contribution in [0.2, 0.25) is 0 Å². The maximum atomic E-state index is 10.0. The van der Waals surface area contributed by atoms with Gasteiger partial charge in [0, 0.05) is 63.2 Å². The van der Waals surface area contributed by atoms with Crippen LogP contribution in [0.1, 0.15) is 113 Å². The van der Waals surface area contributed by atoms with Crippen molar-refractivity contribution in [2.24, 2.45) is 0 Å². The van der Waals surface area contributed by atoms with Gasteiger partial charge in [-0.25, -0.2) is 0 Å². The number of benzene rings is 3. The van der Waals surface area contributed by atoms with Crippen molar-refractivity contribution in [3.05, 3.63) is 116 Å². The van der Waals surface area contributed by atoms with Crippen molar-refractivity contribution in [2.45, 2.75) is 107 Å². The van der Waals surface area contributed by atoms with Crippen LogP contribution in [0.4, 0.5) is 0 Å². The van der Waals surface area contributed by atoms with E-state index < -0.39 is 0 Å². The van der Waals surface area contributed by atoms with Crippen LogP contribution in [0.3, 0.4) is 0 Å². The van der Waals surface area contributed by atoms with Crippen molar-refractivity contribution < 1.29 is 26.7 Å². The van der Waals surface area contributed by atoms with Crippen molar-refractivity contribution in [2.75, 3.05) is 0 Å². The van der Waals surface area contributed by atoms with Gasteiger partial charge in [0.05, 0.1) is 12.2 Å². The molecule has 0 spiro atoms. The summed E-state index contributed by atoms with van der Waals surface area (Å²) < 4.78 is 0. The molecule has 0 bridgehead atoms. The fourth-order valence-electron chi connectivity index (χ4n) is 4.82. The number of allylic oxidation sites excluding steroid dienone is 2. The Morgan fingerprint density at radius 2 is 0.976 bits per heavy atom. The average molecular weight is 598 g/mol. The number of aryl methyl sites for hydroxylation is 4. The van der Waals surface area contributed by atoms with Gasteiger partial charge in [0.15, 0.2) is 33.8 Å². The standard InChI is InChI=1S/C24H28.C14H22O2.Ni/c1-7-10-22(16-24-19(4)13-9-14-20(24)5)21(6)15-23-17(2)11-8-12-18(23)3;1-13(2,3)9-7-8-10(14(4,5)6)12(16)11(9)15;/h8-9,11-14H,7,10H2,1-6H3;7-8,15-16H,1-6H3;/q+2;;. The van der Waals surface area contributed by atoms with Crippen LogP contribution in [-0.4, -0.2) is 10.2 Å². The Morgan fingerprint density at radius 1 is 0.634 bits per heavy atom. The molecule has 222 valence electrons. The molecule has 0 unspecified atom stereocenters. The van der Waals surface area contributed by atoms with E-state index in [-0.39, 0.29) is 38.8 Å². The third-order valence-electron chi connectivity index (χ3n) is 7.27. The zero-order valence-corrected chi connectivity index (χ0v) is 28.2. The first-order chi connectivity index (χ1) is 18.5. The Labute approximate surface area is 260 Å². The zero-order valence-electron chi connectivity index (χ0n) is 27.2. The third-order valence-corrected chi connectivity index (χ3v) is 7.27. The van der Waals surface area contributed by atoms with Crippen LogP contribution in [-0.2, 0) is 27.3 Å². The minimum atomic E-state index is -0.169. The number of rotatable bonds is 5. The molecule has 3 aromatic rings. The van der Waals surface area contributed by atoms with E-state index in [2.05, 4.69) is 90.1 Å². The van der Waals surface area contributed by atoms with Crippen LogP contribution < -0.4 is 0 Å². The Morgan fingerprint density at radius 3 is 1.29 bits per heavy atom. The number of phenols is 2. The van der Waals surface area contributed by atoms with Crippen LogP contribution in [0.15, 0.2) is 59.7 Å². The normalized spacial score (nSPS) is 12.0. The van der Waals surface area contributed by atoms with Crippen molar-refractivity contribution in [1.29, 1.82) is 0 Å². The summed E-state index contributed by atoms with van der Waals surface area (Å²) in [5.41, 5.74) is 11.2. The molecule has 0 aliphatic carbocycles. The Kier molecular flexibility index (Phi) is 13.0. The van der Waals surface area contributed by atoms with Gasteiger partial charge in [0.1, 0.15) is 0 Å². The van der Waals surface area contributed by atoms with E-state index in [9.17, 15) is 10.2 Å². The van der Waals surface area contributed by atoms with Crippen LogP contribution in [0.25, 0.3) is 0 Å². The topological polar surface area (TPSA) is 40.5 Å².